The lowest BCUT2D eigenvalue weighted by molar-refractivity contribution is -0.164. The predicted molar refractivity (Wildman–Crippen MR) is 177 cm³/mol. The zero-order valence-corrected chi connectivity index (χ0v) is 27.6. The van der Waals surface area contributed by atoms with Crippen LogP contribution in [0.1, 0.15) is 83.4 Å². The van der Waals surface area contributed by atoms with E-state index in [1.165, 1.54) is 44.1 Å². The lowest BCUT2D eigenvalue weighted by Crippen LogP contribution is -2.64. The molecule has 4 bridgehead atoms. The molecule has 2 aliphatic heterocycles. The summed E-state index contributed by atoms with van der Waals surface area (Å²) in [6.07, 6.45) is 10.8. The van der Waals surface area contributed by atoms with Gasteiger partial charge in [0.1, 0.15) is 5.76 Å². The third kappa shape index (κ3) is 4.64. The highest BCUT2D eigenvalue weighted by molar-refractivity contribution is 5.93. The number of aromatic amines is 1. The molecule has 244 valence electrons. The van der Waals surface area contributed by atoms with Crippen LogP contribution in [-0.4, -0.2) is 58.7 Å². The van der Waals surface area contributed by atoms with Gasteiger partial charge in [0.25, 0.3) is 0 Å². The molecule has 8 heteroatoms. The topological polar surface area (TPSA) is 98.6 Å². The van der Waals surface area contributed by atoms with E-state index < -0.39 is 17.4 Å². The Morgan fingerprint density at radius 3 is 2.41 bits per heavy atom. The standard InChI is InChI=1S/C38H48N4O4/c1-4-41(5-2)36(45)30-16-27(18-33(43)39-22-38-19-23-13-24(20-38)15-25(14-23)21-38)35(44)42-11-10-29-28-9-8-26(32-7-6-12-46-32)17-31(28)40-34(29)37(30,42)3/h6-9,12,17,23-25,27,30,40H,4-5,10-11,13-16,18-22H2,1-3H3,(H,39,43)/t23?,24?,25?,27-,30-,37+,38?/m1/s1. The number of furan rings is 1. The first-order valence-electron chi connectivity index (χ1n) is 17.8. The Morgan fingerprint density at radius 2 is 1.76 bits per heavy atom. The number of amides is 3. The van der Waals surface area contributed by atoms with Crippen molar-refractivity contribution in [2.24, 2.45) is 35.0 Å². The van der Waals surface area contributed by atoms with Gasteiger partial charge in [0.2, 0.25) is 17.7 Å². The van der Waals surface area contributed by atoms with Crippen molar-refractivity contribution in [2.45, 2.75) is 84.1 Å². The Kier molecular flexibility index (Phi) is 7.15. The minimum absolute atomic E-state index is 0.00312. The number of hydrogen-bond acceptors (Lipinski definition) is 4. The van der Waals surface area contributed by atoms with Gasteiger partial charge in [0.05, 0.1) is 17.7 Å². The summed E-state index contributed by atoms with van der Waals surface area (Å²) in [7, 11) is 0. The summed E-state index contributed by atoms with van der Waals surface area (Å²) >= 11 is 0. The molecule has 8 nitrogen and oxygen atoms in total. The number of H-pyrrole nitrogens is 1. The Hall–Kier alpha value is -3.55. The van der Waals surface area contributed by atoms with Crippen molar-refractivity contribution in [1.82, 2.24) is 20.1 Å². The molecule has 6 aliphatic rings. The number of nitrogens with zero attached hydrogens (tertiary/aromatic N) is 2. The zero-order chi connectivity index (χ0) is 31.8. The molecule has 0 spiro atoms. The molecule has 46 heavy (non-hydrogen) atoms. The third-order valence-electron chi connectivity index (χ3n) is 12.8. The van der Waals surface area contributed by atoms with Gasteiger partial charge >= 0.3 is 0 Å². The fraction of sp³-hybridized carbons (Fsp3) is 0.605. The average Bonchev–Trinajstić information content (AvgIpc) is 3.70. The number of fused-ring (bicyclic) bond motifs is 5. The maximum Gasteiger partial charge on any atom is 0.228 e. The highest BCUT2D eigenvalue weighted by Crippen LogP contribution is 2.59. The van der Waals surface area contributed by atoms with E-state index in [1.807, 2.05) is 35.8 Å². The lowest BCUT2D eigenvalue weighted by atomic mass is 9.49. The average molecular weight is 625 g/mol. The number of benzene rings is 1. The Bertz CT molecular complexity index is 1630. The fourth-order valence-electron chi connectivity index (χ4n) is 11.0. The monoisotopic (exact) mass is 624 g/mol. The molecule has 1 aromatic carbocycles. The van der Waals surface area contributed by atoms with Crippen molar-refractivity contribution in [3.05, 3.63) is 47.9 Å². The molecule has 2 aromatic heterocycles. The molecule has 5 fully saturated rings. The van der Waals surface area contributed by atoms with Crippen LogP contribution in [0.2, 0.25) is 0 Å². The van der Waals surface area contributed by atoms with Crippen molar-refractivity contribution in [1.29, 1.82) is 0 Å². The highest BCUT2D eigenvalue weighted by atomic mass is 16.3. The van der Waals surface area contributed by atoms with E-state index >= 15 is 0 Å². The van der Waals surface area contributed by atoms with E-state index in [0.717, 1.165) is 52.2 Å². The second-order valence-corrected chi connectivity index (χ2v) is 15.5. The molecular weight excluding hydrogens is 576 g/mol. The number of aromatic nitrogens is 1. The molecule has 4 heterocycles. The Balaban J connectivity index is 1.08. The smallest absolute Gasteiger partial charge is 0.228 e. The summed E-state index contributed by atoms with van der Waals surface area (Å²) in [6, 6.07) is 10.1. The van der Waals surface area contributed by atoms with E-state index in [0.29, 0.717) is 32.5 Å². The third-order valence-corrected chi connectivity index (χ3v) is 12.8. The summed E-state index contributed by atoms with van der Waals surface area (Å²) in [4.78, 5) is 49.8. The molecule has 1 saturated heterocycles. The molecule has 4 aliphatic carbocycles. The largest absolute Gasteiger partial charge is 0.464 e. The van der Waals surface area contributed by atoms with Crippen molar-refractivity contribution < 1.29 is 18.8 Å². The van der Waals surface area contributed by atoms with E-state index in [1.54, 1.807) is 6.26 Å². The van der Waals surface area contributed by atoms with Gasteiger partial charge in [-0.25, -0.2) is 0 Å². The van der Waals surface area contributed by atoms with Gasteiger partial charge in [-0.15, -0.1) is 0 Å². The molecule has 0 unspecified atom stereocenters. The van der Waals surface area contributed by atoms with Gasteiger partial charge in [-0.2, -0.15) is 0 Å². The number of nitrogens with one attached hydrogen (secondary N) is 2. The van der Waals surface area contributed by atoms with Crippen LogP contribution >= 0.6 is 0 Å². The number of piperidine rings is 1. The van der Waals surface area contributed by atoms with Crippen molar-refractivity contribution in [3.63, 3.8) is 0 Å². The van der Waals surface area contributed by atoms with Crippen LogP contribution in [-0.2, 0) is 26.3 Å². The zero-order valence-electron chi connectivity index (χ0n) is 27.6. The maximum atomic E-state index is 14.3. The number of carbonyl (C=O) groups is 3. The van der Waals surface area contributed by atoms with Crippen LogP contribution < -0.4 is 5.32 Å². The van der Waals surface area contributed by atoms with E-state index in [9.17, 15) is 14.4 Å². The summed E-state index contributed by atoms with van der Waals surface area (Å²) in [5.41, 5.74) is 3.50. The van der Waals surface area contributed by atoms with E-state index in [2.05, 4.69) is 35.4 Å². The lowest BCUT2D eigenvalue weighted by Gasteiger charge is -2.57. The summed E-state index contributed by atoms with van der Waals surface area (Å²) in [6.45, 7) is 8.57. The van der Waals surface area contributed by atoms with Crippen LogP contribution in [0.4, 0.5) is 0 Å². The second kappa shape index (κ2) is 11.0. The van der Waals surface area contributed by atoms with Crippen LogP contribution in [0.5, 0.6) is 0 Å². The van der Waals surface area contributed by atoms with Crippen LogP contribution in [0.3, 0.4) is 0 Å². The molecule has 3 aromatic rings. The van der Waals surface area contributed by atoms with Gasteiger partial charge in [0, 0.05) is 60.7 Å². The number of hydrogen-bond donors (Lipinski definition) is 2. The van der Waals surface area contributed by atoms with E-state index in [4.69, 9.17) is 4.42 Å². The SMILES string of the molecule is CCN(CC)C(=O)[C@H]1C[C@H](CC(=O)NCC23CC4CC(CC(C4)C2)C3)C(=O)N2CCc3c([nH]c4cc(-c5ccco5)ccc34)[C@]12C. The molecular formula is C38H48N4O4. The van der Waals surface area contributed by atoms with Crippen molar-refractivity contribution in [2.75, 3.05) is 26.2 Å². The van der Waals surface area contributed by atoms with Crippen LogP contribution in [0.25, 0.3) is 22.2 Å². The Morgan fingerprint density at radius 1 is 1.04 bits per heavy atom. The molecule has 4 saturated carbocycles. The van der Waals surface area contributed by atoms with Gasteiger partial charge in [0.15, 0.2) is 0 Å². The van der Waals surface area contributed by atoms with Crippen LogP contribution in [0.15, 0.2) is 41.0 Å². The number of carbonyl (C=O) groups excluding carboxylic acids is 3. The minimum Gasteiger partial charge on any atom is -0.464 e. The number of rotatable bonds is 8. The van der Waals surface area contributed by atoms with Gasteiger partial charge in [-0.1, -0.05) is 12.1 Å². The predicted octanol–water partition coefficient (Wildman–Crippen LogP) is 6.26. The normalized spacial score (nSPS) is 32.8. The molecule has 9 rings (SSSR count). The molecule has 0 radical (unpaired) electrons. The first-order chi connectivity index (χ1) is 22.2. The minimum atomic E-state index is -0.833. The second-order valence-electron chi connectivity index (χ2n) is 15.5. The molecule has 3 amide bonds. The van der Waals surface area contributed by atoms with Gasteiger partial charge < -0.3 is 24.5 Å². The Labute approximate surface area is 271 Å². The summed E-state index contributed by atoms with van der Waals surface area (Å²) < 4.78 is 5.66. The molecule has 3 atom stereocenters. The van der Waals surface area contributed by atoms with Crippen molar-refractivity contribution >= 4 is 28.6 Å². The van der Waals surface area contributed by atoms with Gasteiger partial charge in [-0.3, -0.25) is 14.4 Å². The molecule has 2 N–H and O–H groups in total. The first kappa shape index (κ1) is 29.8. The quantitative estimate of drug-likeness (QED) is 0.309. The maximum absolute atomic E-state index is 14.3. The summed E-state index contributed by atoms with van der Waals surface area (Å²) in [5, 5.41) is 4.43. The van der Waals surface area contributed by atoms with Crippen LogP contribution in [0, 0.1) is 35.0 Å². The summed E-state index contributed by atoms with van der Waals surface area (Å²) in [5.74, 6) is 2.35. The van der Waals surface area contributed by atoms with E-state index in [-0.39, 0.29) is 29.6 Å². The van der Waals surface area contributed by atoms with Crippen molar-refractivity contribution in [3.8, 4) is 11.3 Å². The first-order valence-corrected chi connectivity index (χ1v) is 17.8. The van der Waals surface area contributed by atoms with Gasteiger partial charge in [-0.05, 0) is 119 Å². The highest BCUT2D eigenvalue weighted by Gasteiger charge is 2.57. The fourth-order valence-corrected chi connectivity index (χ4v) is 11.0.